The third kappa shape index (κ3) is 5.79. The Morgan fingerprint density at radius 1 is 0.306 bits per heavy atom. The first-order chi connectivity index (χ1) is 35.5. The van der Waals surface area contributed by atoms with Gasteiger partial charge in [0.15, 0.2) is 0 Å². The van der Waals surface area contributed by atoms with Gasteiger partial charge in [-0.05, 0) is 129 Å². The Morgan fingerprint density at radius 3 is 1.36 bits per heavy atom. The second kappa shape index (κ2) is 15.4. The topological polar surface area (TPSA) is 29.5 Å². The summed E-state index contributed by atoms with van der Waals surface area (Å²) < 4.78 is 13.3. The lowest BCUT2D eigenvalue weighted by Crippen LogP contribution is -2.26. The molecule has 0 N–H and O–H groups in total. The normalized spacial score (nSPS) is 13.0. The lowest BCUT2D eigenvalue weighted by Gasteiger charge is -2.33. The maximum absolute atomic E-state index is 6.66. The van der Waals surface area contributed by atoms with Crippen LogP contribution in [0.4, 0.5) is 17.1 Å². The van der Waals surface area contributed by atoms with E-state index in [1.807, 2.05) is 12.1 Å². The fourth-order valence-electron chi connectivity index (χ4n) is 12.5. The number of anilines is 3. The van der Waals surface area contributed by atoms with Crippen molar-refractivity contribution in [1.82, 2.24) is 0 Å². The van der Waals surface area contributed by atoms with Gasteiger partial charge in [-0.1, -0.05) is 199 Å². The molecule has 72 heavy (non-hydrogen) atoms. The molecule has 3 nitrogen and oxygen atoms in total. The van der Waals surface area contributed by atoms with Gasteiger partial charge in [-0.2, -0.15) is 0 Å². The van der Waals surface area contributed by atoms with Crippen LogP contribution >= 0.6 is 0 Å². The fourth-order valence-corrected chi connectivity index (χ4v) is 12.5. The van der Waals surface area contributed by atoms with Crippen molar-refractivity contribution in [3.8, 4) is 55.6 Å². The van der Waals surface area contributed by atoms with Crippen molar-refractivity contribution < 1.29 is 8.83 Å². The van der Waals surface area contributed by atoms with E-state index in [-0.39, 0.29) is 0 Å². The van der Waals surface area contributed by atoms with Crippen molar-refractivity contribution in [2.45, 2.75) is 19.3 Å². The molecule has 3 heteroatoms. The number of nitrogens with zero attached hydrogens (tertiary/aromatic N) is 1. The van der Waals surface area contributed by atoms with Crippen molar-refractivity contribution in [1.29, 1.82) is 0 Å². The largest absolute Gasteiger partial charge is 0.455 e. The van der Waals surface area contributed by atoms with Gasteiger partial charge in [-0.3, -0.25) is 0 Å². The smallest absolute Gasteiger partial charge is 0.143 e. The standard InChI is InChI=1S/C69H45NO2/c1-42-31-34-53-54-35-32-43(2)38-62(54)69(61(53)37-42)60-28-14-23-50(44-15-4-3-5-16-44)66(60)59-36-33-49(41-63(59)69)70(47-19-10-17-45(39-47)51-24-12-26-57-55-21-6-8-29-64(55)71-67(51)57)48-20-11-18-46(40-48)52-25-13-27-58-56-22-7-9-30-65(56)72-68(52)58/h3-41H,1-2H3. The van der Waals surface area contributed by atoms with Crippen molar-refractivity contribution in [2.24, 2.45) is 0 Å². The van der Waals surface area contributed by atoms with Gasteiger partial charge < -0.3 is 13.7 Å². The first-order valence-electron chi connectivity index (χ1n) is 24.9. The molecule has 0 aliphatic heterocycles. The van der Waals surface area contributed by atoms with Crippen LogP contribution in [0.15, 0.2) is 245 Å². The summed E-state index contributed by atoms with van der Waals surface area (Å²) in [5.41, 5.74) is 25.7. The predicted octanol–water partition coefficient (Wildman–Crippen LogP) is 18.9. The Hall–Kier alpha value is -9.18. The number of furan rings is 2. The summed E-state index contributed by atoms with van der Waals surface area (Å²) in [7, 11) is 0. The summed E-state index contributed by atoms with van der Waals surface area (Å²) in [6.07, 6.45) is 0. The quantitative estimate of drug-likeness (QED) is 0.166. The van der Waals surface area contributed by atoms with Crippen molar-refractivity contribution >= 4 is 60.9 Å². The summed E-state index contributed by atoms with van der Waals surface area (Å²) in [6, 6.07) is 86.8. The van der Waals surface area contributed by atoms with Crippen LogP contribution in [-0.4, -0.2) is 0 Å². The molecule has 2 heterocycles. The van der Waals surface area contributed by atoms with Crippen molar-refractivity contribution in [3.63, 3.8) is 0 Å². The molecule has 0 bridgehead atoms. The molecule has 0 unspecified atom stereocenters. The maximum Gasteiger partial charge on any atom is 0.143 e. The number of hydrogen-bond acceptors (Lipinski definition) is 3. The molecule has 13 aromatic rings. The van der Waals surface area contributed by atoms with Crippen LogP contribution in [0.25, 0.3) is 99.5 Å². The third-order valence-corrected chi connectivity index (χ3v) is 15.6. The van der Waals surface area contributed by atoms with Crippen LogP contribution in [0.1, 0.15) is 33.4 Å². The zero-order valence-corrected chi connectivity index (χ0v) is 39.8. The summed E-state index contributed by atoms with van der Waals surface area (Å²) in [5.74, 6) is 0. The third-order valence-electron chi connectivity index (χ3n) is 15.6. The van der Waals surface area contributed by atoms with E-state index in [0.717, 1.165) is 83.2 Å². The Bertz CT molecular complexity index is 4170. The Labute approximate surface area is 417 Å². The van der Waals surface area contributed by atoms with Crippen LogP contribution in [0.2, 0.25) is 0 Å². The van der Waals surface area contributed by atoms with Gasteiger partial charge >= 0.3 is 0 Å². The Kier molecular flexibility index (Phi) is 8.71. The van der Waals surface area contributed by atoms with E-state index >= 15 is 0 Å². The Morgan fingerprint density at radius 2 is 0.764 bits per heavy atom. The number of fused-ring (bicyclic) bond motifs is 16. The zero-order valence-electron chi connectivity index (χ0n) is 39.8. The molecule has 0 fully saturated rings. The van der Waals surface area contributed by atoms with E-state index in [4.69, 9.17) is 8.83 Å². The van der Waals surface area contributed by atoms with Gasteiger partial charge in [-0.25, -0.2) is 0 Å². The highest BCUT2D eigenvalue weighted by molar-refractivity contribution is 6.11. The minimum Gasteiger partial charge on any atom is -0.455 e. The molecule has 0 saturated heterocycles. The van der Waals surface area contributed by atoms with E-state index in [2.05, 4.69) is 243 Å². The predicted molar refractivity (Wildman–Crippen MR) is 298 cm³/mol. The average Bonchev–Trinajstić information content (AvgIpc) is 4.16. The summed E-state index contributed by atoms with van der Waals surface area (Å²) in [6.45, 7) is 4.46. The number of aryl methyl sites for hydroxylation is 2. The van der Waals surface area contributed by atoms with Crippen LogP contribution < -0.4 is 4.90 Å². The first kappa shape index (κ1) is 40.7. The van der Waals surface area contributed by atoms with Gasteiger partial charge in [0, 0.05) is 49.7 Å². The summed E-state index contributed by atoms with van der Waals surface area (Å²) in [5, 5.41) is 4.46. The minimum absolute atomic E-state index is 0.572. The number of para-hydroxylation sites is 4. The highest BCUT2D eigenvalue weighted by Crippen LogP contribution is 2.65. The maximum atomic E-state index is 6.66. The lowest BCUT2D eigenvalue weighted by molar-refractivity contribution is 0.669. The van der Waals surface area contributed by atoms with E-state index in [1.54, 1.807) is 0 Å². The molecule has 0 radical (unpaired) electrons. The van der Waals surface area contributed by atoms with Crippen molar-refractivity contribution in [2.75, 3.05) is 4.90 Å². The van der Waals surface area contributed by atoms with Crippen molar-refractivity contribution in [3.05, 3.63) is 270 Å². The molecule has 0 atom stereocenters. The monoisotopic (exact) mass is 919 g/mol. The minimum atomic E-state index is -0.572. The van der Waals surface area contributed by atoms with E-state index < -0.39 is 5.41 Å². The van der Waals surface area contributed by atoms with E-state index in [1.165, 1.54) is 66.8 Å². The van der Waals surface area contributed by atoms with Crippen LogP contribution in [0, 0.1) is 13.8 Å². The molecule has 338 valence electrons. The van der Waals surface area contributed by atoms with Crippen LogP contribution in [0.3, 0.4) is 0 Å². The highest BCUT2D eigenvalue weighted by Gasteiger charge is 2.52. The highest BCUT2D eigenvalue weighted by atomic mass is 16.3. The molecule has 1 spiro atoms. The fraction of sp³-hybridized carbons (Fsp3) is 0.0435. The first-order valence-corrected chi connectivity index (χ1v) is 24.9. The van der Waals surface area contributed by atoms with Gasteiger partial charge in [0.25, 0.3) is 0 Å². The molecule has 11 aromatic carbocycles. The summed E-state index contributed by atoms with van der Waals surface area (Å²) >= 11 is 0. The number of rotatable bonds is 6. The van der Waals surface area contributed by atoms with Gasteiger partial charge in [0.05, 0.1) is 5.41 Å². The molecule has 2 aromatic heterocycles. The summed E-state index contributed by atoms with van der Waals surface area (Å²) in [4.78, 5) is 2.45. The number of hydrogen-bond donors (Lipinski definition) is 0. The van der Waals surface area contributed by atoms with E-state index in [0.29, 0.717) is 0 Å². The SMILES string of the molecule is Cc1ccc2c(c1)C1(c3cc(C)ccc3-2)c2cc(N(c3cccc(-c4cccc5c4oc4ccccc45)c3)c3cccc(-c4cccc5c4oc4ccccc45)c3)ccc2-c2c(-c3ccccc3)cccc21. The molecule has 0 saturated carbocycles. The molecular formula is C69H45NO2. The Balaban J connectivity index is 0.999. The average molecular weight is 920 g/mol. The molecular weight excluding hydrogens is 875 g/mol. The van der Waals surface area contributed by atoms with E-state index in [9.17, 15) is 0 Å². The second-order valence-corrected chi connectivity index (χ2v) is 19.7. The molecule has 2 aliphatic carbocycles. The molecule has 0 amide bonds. The lowest BCUT2D eigenvalue weighted by atomic mass is 9.70. The van der Waals surface area contributed by atoms with Gasteiger partial charge in [0.2, 0.25) is 0 Å². The number of benzene rings is 11. The van der Waals surface area contributed by atoms with Crippen LogP contribution in [-0.2, 0) is 5.41 Å². The van der Waals surface area contributed by atoms with Crippen LogP contribution in [0.5, 0.6) is 0 Å². The zero-order chi connectivity index (χ0) is 47.7. The molecule has 2 aliphatic rings. The van der Waals surface area contributed by atoms with Gasteiger partial charge in [-0.15, -0.1) is 0 Å². The molecule has 15 rings (SSSR count). The second-order valence-electron chi connectivity index (χ2n) is 19.7. The van der Waals surface area contributed by atoms with Gasteiger partial charge in [0.1, 0.15) is 22.3 Å².